The van der Waals surface area contributed by atoms with E-state index in [2.05, 4.69) is 86.9 Å². The van der Waals surface area contributed by atoms with E-state index < -0.39 is 0 Å². The Morgan fingerprint density at radius 1 is 1.00 bits per heavy atom. The van der Waals surface area contributed by atoms with Crippen LogP contribution in [0.4, 0.5) is 5.69 Å². The quantitative estimate of drug-likeness (QED) is 0.558. The van der Waals surface area contributed by atoms with Gasteiger partial charge in [-0.15, -0.1) is 0 Å². The SMILES string of the molecule is CC[C@@](C)(c1ccc(C2C=CC=CC2C)cc1)c1ccccc1NN. The minimum atomic E-state index is -0.0740. The van der Waals surface area contributed by atoms with Crippen LogP contribution in [-0.2, 0) is 5.41 Å². The molecule has 2 nitrogen and oxygen atoms in total. The van der Waals surface area contributed by atoms with Gasteiger partial charge in [0.05, 0.1) is 5.69 Å². The van der Waals surface area contributed by atoms with Crippen LogP contribution >= 0.6 is 0 Å². The summed E-state index contributed by atoms with van der Waals surface area (Å²) in [5.74, 6) is 6.75. The van der Waals surface area contributed by atoms with Gasteiger partial charge in [-0.1, -0.05) is 87.5 Å². The molecule has 0 heterocycles. The standard InChI is InChI=1S/C23H28N2/c1-4-23(3,21-11-7-8-12-22(21)25-24)19-15-13-18(14-16-19)20-10-6-5-9-17(20)2/h5-17,20,25H,4,24H2,1-3H3/t17?,20?,23-/m0/s1. The molecule has 3 N–H and O–H groups in total. The highest BCUT2D eigenvalue weighted by atomic mass is 15.2. The first-order valence-corrected chi connectivity index (χ1v) is 9.11. The highest BCUT2D eigenvalue weighted by Gasteiger charge is 2.29. The van der Waals surface area contributed by atoms with Crippen molar-refractivity contribution in [2.75, 3.05) is 5.43 Å². The van der Waals surface area contributed by atoms with Gasteiger partial charge in [0.1, 0.15) is 0 Å². The lowest BCUT2D eigenvalue weighted by Crippen LogP contribution is -2.25. The molecule has 0 saturated heterocycles. The molecule has 0 aliphatic heterocycles. The first kappa shape index (κ1) is 17.5. The monoisotopic (exact) mass is 332 g/mol. The van der Waals surface area contributed by atoms with Crippen molar-refractivity contribution in [3.8, 4) is 0 Å². The zero-order valence-corrected chi connectivity index (χ0v) is 15.4. The Morgan fingerprint density at radius 2 is 1.68 bits per heavy atom. The van der Waals surface area contributed by atoms with Crippen molar-refractivity contribution in [3.05, 3.63) is 89.5 Å². The number of allylic oxidation sites excluding steroid dienone is 4. The van der Waals surface area contributed by atoms with E-state index in [-0.39, 0.29) is 5.41 Å². The Hall–Kier alpha value is -2.32. The van der Waals surface area contributed by atoms with Gasteiger partial charge in [-0.3, -0.25) is 5.84 Å². The van der Waals surface area contributed by atoms with Crippen molar-refractivity contribution in [2.45, 2.75) is 38.5 Å². The minimum Gasteiger partial charge on any atom is -0.324 e. The van der Waals surface area contributed by atoms with Crippen LogP contribution in [0.2, 0.25) is 0 Å². The highest BCUT2D eigenvalue weighted by Crippen LogP contribution is 2.40. The summed E-state index contributed by atoms with van der Waals surface area (Å²) in [7, 11) is 0. The van der Waals surface area contributed by atoms with E-state index in [9.17, 15) is 0 Å². The molecular formula is C23H28N2. The van der Waals surface area contributed by atoms with E-state index in [0.29, 0.717) is 11.8 Å². The molecule has 0 amide bonds. The number of rotatable bonds is 5. The van der Waals surface area contributed by atoms with Crippen LogP contribution < -0.4 is 11.3 Å². The average molecular weight is 332 g/mol. The molecule has 0 bridgehead atoms. The van der Waals surface area contributed by atoms with Crippen molar-refractivity contribution in [3.63, 3.8) is 0 Å². The van der Waals surface area contributed by atoms with Crippen LogP contribution in [0.15, 0.2) is 72.8 Å². The molecule has 2 aromatic rings. The summed E-state index contributed by atoms with van der Waals surface area (Å²) in [6.07, 6.45) is 9.87. The summed E-state index contributed by atoms with van der Waals surface area (Å²) in [5, 5.41) is 0. The van der Waals surface area contributed by atoms with Gasteiger partial charge in [-0.05, 0) is 35.1 Å². The molecule has 0 radical (unpaired) electrons. The van der Waals surface area contributed by atoms with Crippen LogP contribution in [0.25, 0.3) is 0 Å². The number of nitrogens with two attached hydrogens (primary N) is 1. The zero-order valence-electron chi connectivity index (χ0n) is 15.4. The number of hydrazine groups is 1. The van der Waals surface area contributed by atoms with Gasteiger partial charge >= 0.3 is 0 Å². The Bertz CT molecular complexity index is 773. The fraction of sp³-hybridized carbons (Fsp3) is 0.304. The van der Waals surface area contributed by atoms with Crippen molar-refractivity contribution >= 4 is 5.69 Å². The normalized spacial score (nSPS) is 21.8. The molecule has 130 valence electrons. The molecule has 0 aromatic heterocycles. The molecule has 3 rings (SSSR count). The third-order valence-corrected chi connectivity index (χ3v) is 5.73. The fourth-order valence-corrected chi connectivity index (χ4v) is 3.85. The zero-order chi connectivity index (χ0) is 17.9. The summed E-state index contributed by atoms with van der Waals surface area (Å²) in [4.78, 5) is 0. The Morgan fingerprint density at radius 3 is 2.32 bits per heavy atom. The fourth-order valence-electron chi connectivity index (χ4n) is 3.85. The second kappa shape index (κ2) is 7.28. The lowest BCUT2D eigenvalue weighted by atomic mass is 9.73. The number of hydrogen-bond acceptors (Lipinski definition) is 2. The van der Waals surface area contributed by atoms with E-state index in [4.69, 9.17) is 5.84 Å². The van der Waals surface area contributed by atoms with Crippen LogP contribution in [0, 0.1) is 5.92 Å². The molecule has 1 aliphatic carbocycles. The van der Waals surface area contributed by atoms with Gasteiger partial charge in [0.2, 0.25) is 0 Å². The maximum absolute atomic E-state index is 5.75. The first-order chi connectivity index (χ1) is 12.1. The number of para-hydroxylation sites is 1. The van der Waals surface area contributed by atoms with Crippen molar-refractivity contribution < 1.29 is 0 Å². The van der Waals surface area contributed by atoms with Crippen molar-refractivity contribution in [1.82, 2.24) is 0 Å². The lowest BCUT2D eigenvalue weighted by molar-refractivity contribution is 0.550. The van der Waals surface area contributed by atoms with E-state index >= 15 is 0 Å². The van der Waals surface area contributed by atoms with E-state index in [1.165, 1.54) is 16.7 Å². The number of anilines is 1. The van der Waals surface area contributed by atoms with Crippen LogP contribution in [0.5, 0.6) is 0 Å². The van der Waals surface area contributed by atoms with E-state index in [0.717, 1.165) is 12.1 Å². The molecule has 2 unspecified atom stereocenters. The Balaban J connectivity index is 1.96. The van der Waals surface area contributed by atoms with Crippen LogP contribution in [-0.4, -0.2) is 0 Å². The topological polar surface area (TPSA) is 38.0 Å². The summed E-state index contributed by atoms with van der Waals surface area (Å²) < 4.78 is 0. The second-order valence-electron chi connectivity index (χ2n) is 7.15. The molecule has 2 aromatic carbocycles. The summed E-state index contributed by atoms with van der Waals surface area (Å²) in [6, 6.07) is 17.4. The number of benzene rings is 2. The average Bonchev–Trinajstić information content (AvgIpc) is 2.68. The van der Waals surface area contributed by atoms with Gasteiger partial charge in [-0.2, -0.15) is 0 Å². The maximum Gasteiger partial charge on any atom is 0.0526 e. The predicted octanol–water partition coefficient (Wildman–Crippen LogP) is 5.53. The van der Waals surface area contributed by atoms with E-state index in [1.807, 2.05) is 12.1 Å². The molecule has 25 heavy (non-hydrogen) atoms. The molecule has 2 heteroatoms. The third-order valence-electron chi connectivity index (χ3n) is 5.73. The van der Waals surface area contributed by atoms with Gasteiger partial charge in [0, 0.05) is 11.3 Å². The second-order valence-corrected chi connectivity index (χ2v) is 7.15. The largest absolute Gasteiger partial charge is 0.324 e. The van der Waals surface area contributed by atoms with Gasteiger partial charge in [0.25, 0.3) is 0 Å². The van der Waals surface area contributed by atoms with Crippen LogP contribution in [0.3, 0.4) is 0 Å². The summed E-state index contributed by atoms with van der Waals surface area (Å²) >= 11 is 0. The van der Waals surface area contributed by atoms with Crippen LogP contribution in [0.1, 0.15) is 49.8 Å². The molecule has 1 aliphatic rings. The Labute approximate surface area is 151 Å². The van der Waals surface area contributed by atoms with Gasteiger partial charge in [-0.25, -0.2) is 0 Å². The molecular weight excluding hydrogens is 304 g/mol. The predicted molar refractivity (Wildman–Crippen MR) is 108 cm³/mol. The highest BCUT2D eigenvalue weighted by molar-refractivity contribution is 5.57. The molecule has 3 atom stereocenters. The number of hydrogen-bond donors (Lipinski definition) is 2. The smallest absolute Gasteiger partial charge is 0.0526 e. The molecule has 0 saturated carbocycles. The van der Waals surface area contributed by atoms with E-state index in [1.54, 1.807) is 0 Å². The minimum absolute atomic E-state index is 0.0740. The van der Waals surface area contributed by atoms with Crippen molar-refractivity contribution in [2.24, 2.45) is 11.8 Å². The third kappa shape index (κ3) is 3.27. The first-order valence-electron chi connectivity index (χ1n) is 9.11. The maximum atomic E-state index is 5.75. The number of nitrogens with one attached hydrogen (secondary N) is 1. The van der Waals surface area contributed by atoms with Crippen molar-refractivity contribution in [1.29, 1.82) is 0 Å². The molecule has 0 fully saturated rings. The molecule has 0 spiro atoms. The van der Waals surface area contributed by atoms with Gasteiger partial charge in [0.15, 0.2) is 0 Å². The summed E-state index contributed by atoms with van der Waals surface area (Å²) in [5.41, 5.74) is 7.71. The lowest BCUT2D eigenvalue weighted by Gasteiger charge is -2.32. The number of nitrogen functional groups attached to an aromatic ring is 1. The summed E-state index contributed by atoms with van der Waals surface area (Å²) in [6.45, 7) is 6.81. The Kier molecular flexibility index (Phi) is 5.10. The van der Waals surface area contributed by atoms with Gasteiger partial charge < -0.3 is 5.43 Å².